The summed E-state index contributed by atoms with van der Waals surface area (Å²) in [5.41, 5.74) is 9.57. The molecule has 2 nitrogen and oxygen atoms in total. The van der Waals surface area contributed by atoms with Gasteiger partial charge in [0.2, 0.25) is 5.69 Å². The Morgan fingerprint density at radius 2 is 1.58 bits per heavy atom. The Balaban J connectivity index is 1.53. The van der Waals surface area contributed by atoms with Crippen LogP contribution in [-0.4, -0.2) is 23.4 Å². The molecule has 0 bridgehead atoms. The summed E-state index contributed by atoms with van der Waals surface area (Å²) in [6.45, 7) is 18.2. The Hall–Kier alpha value is -2.65. The van der Waals surface area contributed by atoms with Gasteiger partial charge in [0.05, 0.1) is 5.41 Å². The number of anilines is 1. The molecule has 2 aromatic carbocycles. The maximum absolute atomic E-state index is 3.67. The van der Waals surface area contributed by atoms with Crippen molar-refractivity contribution >= 4 is 33.0 Å². The Morgan fingerprint density at radius 1 is 0.842 bits per heavy atom. The van der Waals surface area contributed by atoms with Crippen molar-refractivity contribution in [3.63, 3.8) is 0 Å². The quantitative estimate of drug-likeness (QED) is 0.214. The molecule has 2 heterocycles. The zero-order valence-corrected chi connectivity index (χ0v) is 25.9. The molecule has 0 saturated carbocycles. The van der Waals surface area contributed by atoms with Gasteiger partial charge in [0.25, 0.3) is 0 Å². The number of halogens is 1. The van der Waals surface area contributed by atoms with Crippen molar-refractivity contribution in [1.29, 1.82) is 0 Å². The minimum Gasteiger partial charge on any atom is -0.344 e. The molecule has 0 radical (unpaired) electrons. The molecule has 0 fully saturated rings. The number of hydrogen-bond donors (Lipinski definition) is 0. The predicted octanol–water partition coefficient (Wildman–Crippen LogP) is 9.69. The molecule has 0 aliphatic carbocycles. The van der Waals surface area contributed by atoms with Crippen molar-refractivity contribution in [2.45, 2.75) is 78.6 Å². The van der Waals surface area contributed by atoms with E-state index < -0.39 is 0 Å². The van der Waals surface area contributed by atoms with Gasteiger partial charge in [-0.15, -0.1) is 0 Å². The van der Waals surface area contributed by atoms with Crippen LogP contribution in [0.2, 0.25) is 0 Å². The van der Waals surface area contributed by atoms with E-state index in [4.69, 9.17) is 0 Å². The molecular weight excluding hydrogens is 528 g/mol. The first-order valence-corrected chi connectivity index (χ1v) is 15.0. The molecule has 0 saturated heterocycles. The van der Waals surface area contributed by atoms with Crippen molar-refractivity contribution in [2.24, 2.45) is 0 Å². The zero-order valence-electron chi connectivity index (χ0n) is 24.3. The van der Waals surface area contributed by atoms with Gasteiger partial charge in [-0.05, 0) is 57.0 Å². The highest BCUT2D eigenvalue weighted by molar-refractivity contribution is 9.10. The number of benzene rings is 2. The SMILES string of the molecule is CCCCN1/C(=C/C=C/C=C/C=C/C2=[N+](CCC)c3ccc(Br)cc3C2(C)C)C(C)(C)c2cc(C)ccc21. The minimum atomic E-state index is -0.0256. The molecule has 4 rings (SSSR count). The van der Waals surface area contributed by atoms with Crippen molar-refractivity contribution in [2.75, 3.05) is 18.0 Å². The van der Waals surface area contributed by atoms with Crippen molar-refractivity contribution < 1.29 is 4.58 Å². The van der Waals surface area contributed by atoms with Crippen LogP contribution < -0.4 is 4.90 Å². The van der Waals surface area contributed by atoms with Crippen molar-refractivity contribution in [3.8, 4) is 0 Å². The van der Waals surface area contributed by atoms with Gasteiger partial charge in [0.15, 0.2) is 5.71 Å². The fourth-order valence-electron chi connectivity index (χ4n) is 5.94. The molecule has 0 N–H and O–H groups in total. The number of allylic oxidation sites excluding steroid dienone is 8. The van der Waals surface area contributed by atoms with Crippen LogP contribution in [0.15, 0.2) is 89.1 Å². The molecule has 2 aliphatic heterocycles. The van der Waals surface area contributed by atoms with Crippen LogP contribution in [0.1, 0.15) is 77.5 Å². The van der Waals surface area contributed by atoms with Crippen LogP contribution in [0.3, 0.4) is 0 Å². The fourth-order valence-corrected chi connectivity index (χ4v) is 6.31. The molecule has 2 aliphatic rings. The first kappa shape index (κ1) is 28.4. The lowest BCUT2D eigenvalue weighted by atomic mass is 9.81. The Bertz CT molecular complexity index is 1330. The van der Waals surface area contributed by atoms with E-state index in [0.717, 1.165) is 24.0 Å². The van der Waals surface area contributed by atoms with E-state index in [1.807, 2.05) is 0 Å². The molecule has 0 aromatic heterocycles. The van der Waals surface area contributed by atoms with Gasteiger partial charge in [-0.2, -0.15) is 4.58 Å². The Kier molecular flexibility index (Phi) is 8.67. The summed E-state index contributed by atoms with van der Waals surface area (Å²) in [4.78, 5) is 2.53. The second kappa shape index (κ2) is 11.6. The van der Waals surface area contributed by atoms with E-state index in [9.17, 15) is 0 Å². The smallest absolute Gasteiger partial charge is 0.209 e. The fraction of sp³-hybridized carbons (Fsp3) is 0.400. The molecular formula is C35H44BrN2+. The van der Waals surface area contributed by atoms with Crippen LogP contribution in [0.4, 0.5) is 11.4 Å². The third kappa shape index (κ3) is 5.41. The molecule has 0 unspecified atom stereocenters. The monoisotopic (exact) mass is 571 g/mol. The van der Waals surface area contributed by atoms with Gasteiger partial charge in [0, 0.05) is 51.9 Å². The maximum atomic E-state index is 3.67. The molecule has 2 aromatic rings. The standard InChI is InChI=1S/C35H44BrN2/c1-8-10-23-38-30-20-18-26(3)24-28(30)34(4,5)33(38)17-15-13-11-12-14-16-32-35(6,7)29-25-27(36)19-21-31(29)37(32)22-9-2/h11-21,24-25H,8-10,22-23H2,1-7H3/q+1. The summed E-state index contributed by atoms with van der Waals surface area (Å²) >= 11 is 3.67. The molecule has 38 heavy (non-hydrogen) atoms. The molecule has 0 spiro atoms. The van der Waals surface area contributed by atoms with Crippen molar-refractivity contribution in [3.05, 3.63) is 106 Å². The number of unbranched alkanes of at least 4 members (excludes halogenated alkanes) is 1. The lowest BCUT2D eigenvalue weighted by Gasteiger charge is -2.27. The largest absolute Gasteiger partial charge is 0.344 e. The highest BCUT2D eigenvalue weighted by Crippen LogP contribution is 2.48. The van der Waals surface area contributed by atoms with E-state index in [0.29, 0.717) is 0 Å². The summed E-state index contributed by atoms with van der Waals surface area (Å²) in [7, 11) is 0. The topological polar surface area (TPSA) is 6.25 Å². The molecule has 200 valence electrons. The number of hydrogen-bond acceptors (Lipinski definition) is 1. The summed E-state index contributed by atoms with van der Waals surface area (Å²) < 4.78 is 3.63. The van der Waals surface area contributed by atoms with Crippen LogP contribution >= 0.6 is 15.9 Å². The third-order valence-electron chi connectivity index (χ3n) is 8.04. The van der Waals surface area contributed by atoms with Gasteiger partial charge < -0.3 is 4.90 Å². The number of rotatable bonds is 9. The molecule has 0 atom stereocenters. The lowest BCUT2D eigenvalue weighted by Crippen LogP contribution is -2.27. The molecule has 3 heteroatoms. The van der Waals surface area contributed by atoms with E-state index in [-0.39, 0.29) is 10.8 Å². The predicted molar refractivity (Wildman–Crippen MR) is 169 cm³/mol. The second-order valence-electron chi connectivity index (χ2n) is 11.7. The van der Waals surface area contributed by atoms with Crippen LogP contribution in [-0.2, 0) is 10.8 Å². The average Bonchev–Trinajstić information content (AvgIpc) is 3.20. The van der Waals surface area contributed by atoms with Gasteiger partial charge in [-0.1, -0.05) is 98.1 Å². The van der Waals surface area contributed by atoms with Gasteiger partial charge in [-0.25, -0.2) is 0 Å². The van der Waals surface area contributed by atoms with Gasteiger partial charge in [0.1, 0.15) is 6.54 Å². The average molecular weight is 573 g/mol. The summed E-state index contributed by atoms with van der Waals surface area (Å²) in [6.07, 6.45) is 18.9. The van der Waals surface area contributed by atoms with E-state index >= 15 is 0 Å². The normalized spacial score (nSPS) is 19.1. The van der Waals surface area contributed by atoms with E-state index in [1.54, 1.807) is 0 Å². The van der Waals surface area contributed by atoms with Gasteiger partial charge >= 0.3 is 0 Å². The highest BCUT2D eigenvalue weighted by atomic mass is 79.9. The van der Waals surface area contributed by atoms with E-state index in [1.165, 1.54) is 52.3 Å². The van der Waals surface area contributed by atoms with E-state index in [2.05, 4.69) is 153 Å². The second-order valence-corrected chi connectivity index (χ2v) is 12.6. The highest BCUT2D eigenvalue weighted by Gasteiger charge is 2.44. The number of fused-ring (bicyclic) bond motifs is 2. The Labute approximate surface area is 239 Å². The Morgan fingerprint density at radius 3 is 2.32 bits per heavy atom. The summed E-state index contributed by atoms with van der Waals surface area (Å²) in [5, 5.41) is 0. The number of nitrogens with zero attached hydrogens (tertiary/aromatic N) is 2. The number of aryl methyl sites for hydroxylation is 1. The maximum Gasteiger partial charge on any atom is 0.209 e. The van der Waals surface area contributed by atoms with Gasteiger partial charge in [-0.3, -0.25) is 0 Å². The third-order valence-corrected chi connectivity index (χ3v) is 8.53. The first-order valence-electron chi connectivity index (χ1n) is 14.2. The summed E-state index contributed by atoms with van der Waals surface area (Å²) in [5.74, 6) is 0. The minimum absolute atomic E-state index is 0.000480. The zero-order chi connectivity index (χ0) is 27.5. The van der Waals surface area contributed by atoms with Crippen LogP contribution in [0.5, 0.6) is 0 Å². The molecule has 0 amide bonds. The summed E-state index contributed by atoms with van der Waals surface area (Å²) in [6, 6.07) is 13.6. The lowest BCUT2D eigenvalue weighted by molar-refractivity contribution is -0.437. The first-order chi connectivity index (χ1) is 18.1. The van der Waals surface area contributed by atoms with Crippen LogP contribution in [0, 0.1) is 6.92 Å². The van der Waals surface area contributed by atoms with Crippen LogP contribution in [0.25, 0.3) is 0 Å². The van der Waals surface area contributed by atoms with Crippen molar-refractivity contribution in [1.82, 2.24) is 0 Å².